The van der Waals surface area contributed by atoms with Crippen molar-refractivity contribution in [2.45, 2.75) is 38.9 Å². The summed E-state index contributed by atoms with van der Waals surface area (Å²) >= 11 is 13.3. The normalized spacial score (nSPS) is 15.3. The van der Waals surface area contributed by atoms with E-state index >= 15 is 0 Å². The van der Waals surface area contributed by atoms with E-state index in [1.807, 2.05) is 61.1 Å². The topological polar surface area (TPSA) is 83.2 Å². The molecule has 8 nitrogen and oxygen atoms in total. The zero-order valence-electron chi connectivity index (χ0n) is 26.1. The molecule has 46 heavy (non-hydrogen) atoms. The van der Waals surface area contributed by atoms with E-state index < -0.39 is 5.41 Å². The molecular weight excluding hydrogens is 649 g/mol. The average molecular weight is 685 g/mol. The molecule has 0 bridgehead atoms. The number of halogens is 3. The van der Waals surface area contributed by atoms with Crippen LogP contribution in [0.25, 0.3) is 0 Å². The molecule has 1 aliphatic rings. The van der Waals surface area contributed by atoms with Gasteiger partial charge in [0.15, 0.2) is 18.9 Å². The van der Waals surface area contributed by atoms with Crippen LogP contribution in [0.1, 0.15) is 46.5 Å². The van der Waals surface area contributed by atoms with Crippen molar-refractivity contribution in [1.82, 2.24) is 4.90 Å². The number of ether oxygens (including phenoxy) is 2. The Kier molecular flexibility index (Phi) is 11.2. The third-order valence-electron chi connectivity index (χ3n) is 8.36. The number of hydrogen-bond donors (Lipinski definition) is 1. The number of nitrogens with zero attached hydrogens (tertiary/aromatic N) is 3. The van der Waals surface area contributed by atoms with E-state index in [-0.39, 0.29) is 37.4 Å². The van der Waals surface area contributed by atoms with Crippen LogP contribution < -0.4 is 31.3 Å². The van der Waals surface area contributed by atoms with Crippen LogP contribution in [0.3, 0.4) is 0 Å². The summed E-state index contributed by atoms with van der Waals surface area (Å²) in [5.74, 6) is 0.852. The van der Waals surface area contributed by atoms with Crippen molar-refractivity contribution in [3.8, 4) is 11.5 Å². The molecule has 1 atom stereocenters. The summed E-state index contributed by atoms with van der Waals surface area (Å²) in [6, 6.07) is 19.8. The summed E-state index contributed by atoms with van der Waals surface area (Å²) in [5.41, 5.74) is 2.84. The number of fused-ring (bicyclic) bond motifs is 1. The molecule has 1 N–H and O–H groups in total. The summed E-state index contributed by atoms with van der Waals surface area (Å²) in [6.07, 6.45) is 3.80. The lowest BCUT2D eigenvalue weighted by atomic mass is 9.76. The van der Waals surface area contributed by atoms with Crippen LogP contribution in [-0.4, -0.2) is 49.2 Å². The Morgan fingerprint density at radius 3 is 2.50 bits per heavy atom. The summed E-state index contributed by atoms with van der Waals surface area (Å²) in [4.78, 5) is 31.8. The molecule has 5 rings (SSSR count). The lowest BCUT2D eigenvalue weighted by Crippen LogP contribution is -3.00. The second-order valence-electron chi connectivity index (χ2n) is 11.0. The molecule has 1 aliphatic heterocycles. The number of aromatic nitrogens is 1. The van der Waals surface area contributed by atoms with Gasteiger partial charge in [-0.25, -0.2) is 4.57 Å². The average Bonchev–Trinajstić information content (AvgIpc) is 3.25. The summed E-state index contributed by atoms with van der Waals surface area (Å²) < 4.78 is 12.9. The van der Waals surface area contributed by atoms with Gasteiger partial charge in [-0.1, -0.05) is 23.2 Å². The molecule has 0 aliphatic carbocycles. The largest absolute Gasteiger partial charge is 1.00 e. The first-order valence-electron chi connectivity index (χ1n) is 14.7. The first kappa shape index (κ1) is 35.0. The number of hydrogen-bond acceptors (Lipinski definition) is 5. The Morgan fingerprint density at radius 1 is 1.02 bits per heavy atom. The third kappa shape index (κ3) is 6.67. The number of methoxy groups -OCH3 is 2. The number of pyridine rings is 1. The zero-order valence-corrected chi connectivity index (χ0v) is 28.4. The van der Waals surface area contributed by atoms with Crippen LogP contribution in [-0.2, 0) is 29.8 Å². The molecule has 242 valence electrons. The van der Waals surface area contributed by atoms with E-state index in [4.69, 9.17) is 32.7 Å². The number of benzene rings is 3. The smallest absolute Gasteiger partial charge is 0.254 e. The van der Waals surface area contributed by atoms with Gasteiger partial charge in [-0.05, 0) is 79.6 Å². The predicted molar refractivity (Wildman–Crippen MR) is 174 cm³/mol. The molecule has 0 radical (unpaired) electrons. The van der Waals surface area contributed by atoms with Crippen LogP contribution in [0, 0.1) is 0 Å². The Balaban J connectivity index is 0.00000480. The van der Waals surface area contributed by atoms with Crippen LogP contribution in [0.5, 0.6) is 11.5 Å². The van der Waals surface area contributed by atoms with E-state index in [1.165, 1.54) is 0 Å². The maximum Gasteiger partial charge on any atom is 0.254 e. The SMILES string of the molecule is CCN(Cc1ccc[n+](CCO)c1)C(=O)c1ccc(Cl)c(C2(C)C(=O)N(Cc3ccc(OC)cc3OC)c3ccc(Cl)cc32)c1.[Cl-]. The van der Waals surface area contributed by atoms with Crippen molar-refractivity contribution in [3.63, 3.8) is 0 Å². The minimum Gasteiger partial charge on any atom is -1.00 e. The van der Waals surface area contributed by atoms with Crippen LogP contribution in [0.15, 0.2) is 79.1 Å². The van der Waals surface area contributed by atoms with Crippen molar-refractivity contribution in [1.29, 1.82) is 0 Å². The molecule has 2 heterocycles. The van der Waals surface area contributed by atoms with Crippen LogP contribution in [0.4, 0.5) is 5.69 Å². The molecule has 0 saturated heterocycles. The highest BCUT2D eigenvalue weighted by atomic mass is 35.5. The van der Waals surface area contributed by atoms with Gasteiger partial charge in [-0.15, -0.1) is 0 Å². The quantitative estimate of drug-likeness (QED) is 0.246. The van der Waals surface area contributed by atoms with E-state index in [2.05, 4.69) is 0 Å². The Hall–Kier alpha value is -3.82. The molecule has 1 unspecified atom stereocenters. The van der Waals surface area contributed by atoms with Gasteiger partial charge in [0.1, 0.15) is 23.5 Å². The number of carbonyl (C=O) groups is 2. The number of carbonyl (C=O) groups excluding carboxylic acids is 2. The Labute approximate surface area is 285 Å². The van der Waals surface area contributed by atoms with Crippen molar-refractivity contribution >= 4 is 40.7 Å². The predicted octanol–water partition coefficient (Wildman–Crippen LogP) is 2.81. The van der Waals surface area contributed by atoms with Gasteiger partial charge < -0.3 is 36.8 Å². The second-order valence-corrected chi connectivity index (χ2v) is 11.9. The number of anilines is 1. The second kappa shape index (κ2) is 14.7. The highest BCUT2D eigenvalue weighted by Crippen LogP contribution is 2.49. The molecule has 0 spiro atoms. The van der Waals surface area contributed by atoms with Gasteiger partial charge in [0, 0.05) is 51.1 Å². The molecule has 3 aromatic carbocycles. The van der Waals surface area contributed by atoms with E-state index in [0.717, 1.165) is 11.1 Å². The minimum absolute atomic E-state index is 0. The standard InChI is InChI=1S/C35H36Cl2N3O5.ClH/c1-5-39(21-23-7-6-14-38(20-23)15-16-41)33(42)24-9-12-30(37)28(17-24)35(2)29-18-26(36)10-13-31(29)40(34(35)43)22-25-8-11-27(44-3)19-32(25)45-4;/h6-14,17-20,41H,5,15-16,21-22H2,1-4H3;1H/q+1;/p-1. The van der Waals surface area contributed by atoms with E-state index in [1.54, 1.807) is 60.4 Å². The Morgan fingerprint density at radius 2 is 1.80 bits per heavy atom. The van der Waals surface area contributed by atoms with Gasteiger partial charge in [0.25, 0.3) is 5.91 Å². The summed E-state index contributed by atoms with van der Waals surface area (Å²) in [6.45, 7) is 5.33. The van der Waals surface area contributed by atoms with Gasteiger partial charge in [-0.3, -0.25) is 9.59 Å². The van der Waals surface area contributed by atoms with E-state index in [9.17, 15) is 14.7 Å². The van der Waals surface area contributed by atoms with Crippen LogP contribution in [0.2, 0.25) is 10.0 Å². The van der Waals surface area contributed by atoms with Gasteiger partial charge in [0.2, 0.25) is 5.91 Å². The third-order valence-corrected chi connectivity index (χ3v) is 8.92. The number of aliphatic hydroxyl groups excluding tert-OH is 1. The minimum atomic E-state index is -1.22. The lowest BCUT2D eigenvalue weighted by Gasteiger charge is -2.28. The fourth-order valence-corrected chi connectivity index (χ4v) is 6.38. The first-order chi connectivity index (χ1) is 21.6. The molecular formula is C35H36Cl3N3O5. The zero-order chi connectivity index (χ0) is 32.3. The maximum atomic E-state index is 14.5. The lowest BCUT2D eigenvalue weighted by molar-refractivity contribution is -0.698. The summed E-state index contributed by atoms with van der Waals surface area (Å²) in [5, 5.41) is 10.2. The molecule has 0 fully saturated rings. The number of amides is 2. The monoisotopic (exact) mass is 683 g/mol. The molecule has 11 heteroatoms. The van der Waals surface area contributed by atoms with Gasteiger partial charge >= 0.3 is 0 Å². The highest BCUT2D eigenvalue weighted by Gasteiger charge is 2.50. The first-order valence-corrected chi connectivity index (χ1v) is 15.4. The number of aliphatic hydroxyl groups is 1. The van der Waals surface area contributed by atoms with Crippen molar-refractivity contribution in [3.05, 3.63) is 117 Å². The maximum absolute atomic E-state index is 14.5. The molecule has 2 amide bonds. The van der Waals surface area contributed by atoms with Gasteiger partial charge in [0.05, 0.1) is 27.3 Å². The van der Waals surface area contributed by atoms with E-state index in [0.29, 0.717) is 63.6 Å². The number of rotatable bonds is 11. The fraction of sp³-hybridized carbons (Fsp3) is 0.286. The molecule has 0 saturated carbocycles. The van der Waals surface area contributed by atoms with Gasteiger partial charge in [-0.2, -0.15) is 0 Å². The molecule has 4 aromatic rings. The van der Waals surface area contributed by atoms with Crippen molar-refractivity contribution in [2.75, 3.05) is 32.3 Å². The fourth-order valence-electron chi connectivity index (χ4n) is 5.90. The molecule has 1 aromatic heterocycles. The van der Waals surface area contributed by atoms with Crippen molar-refractivity contribution in [2.24, 2.45) is 0 Å². The van der Waals surface area contributed by atoms with Crippen LogP contribution >= 0.6 is 23.2 Å². The summed E-state index contributed by atoms with van der Waals surface area (Å²) in [7, 11) is 3.16. The highest BCUT2D eigenvalue weighted by molar-refractivity contribution is 6.33. The Bertz CT molecular complexity index is 1750. The van der Waals surface area contributed by atoms with Crippen molar-refractivity contribution < 1.29 is 41.1 Å².